The highest BCUT2D eigenvalue weighted by atomic mass is 35.5. The molecule has 3 nitrogen and oxygen atoms in total. The second kappa shape index (κ2) is 4.04. The highest BCUT2D eigenvalue weighted by molar-refractivity contribution is 7.10. The van der Waals surface area contributed by atoms with Gasteiger partial charge in [0.25, 0.3) is 0 Å². The van der Waals surface area contributed by atoms with E-state index in [1.807, 2.05) is 11.4 Å². The van der Waals surface area contributed by atoms with Crippen LogP contribution in [0, 0.1) is 0 Å². The lowest BCUT2D eigenvalue weighted by Gasteiger charge is -1.95. The molecule has 0 saturated heterocycles. The Balaban J connectivity index is 2.39. The van der Waals surface area contributed by atoms with Crippen molar-refractivity contribution in [2.75, 3.05) is 0 Å². The number of hydrogen-bond acceptors (Lipinski definition) is 4. The summed E-state index contributed by atoms with van der Waals surface area (Å²) in [5.74, 6) is 0. The Morgan fingerprint density at radius 1 is 1.50 bits per heavy atom. The minimum atomic E-state index is 0.0590. The molecule has 2 aromatic heterocycles. The molecule has 0 unspecified atom stereocenters. The van der Waals surface area contributed by atoms with Crippen LogP contribution in [0.4, 0.5) is 0 Å². The van der Waals surface area contributed by atoms with E-state index in [9.17, 15) is 0 Å². The number of thiophene rings is 1. The van der Waals surface area contributed by atoms with E-state index in [1.54, 1.807) is 12.3 Å². The third kappa shape index (κ3) is 1.92. The van der Waals surface area contributed by atoms with E-state index in [2.05, 4.69) is 9.97 Å². The van der Waals surface area contributed by atoms with Gasteiger partial charge in [0, 0.05) is 22.0 Å². The molecule has 0 amide bonds. The molecule has 2 aromatic rings. The van der Waals surface area contributed by atoms with Crippen molar-refractivity contribution in [1.29, 1.82) is 0 Å². The summed E-state index contributed by atoms with van der Waals surface area (Å²) in [5.41, 5.74) is 1.74. The maximum Gasteiger partial charge on any atom is 0.222 e. The van der Waals surface area contributed by atoms with Gasteiger partial charge < -0.3 is 5.11 Å². The van der Waals surface area contributed by atoms with Crippen LogP contribution in [0.3, 0.4) is 0 Å². The number of nitrogens with zero attached hydrogens (tertiary/aromatic N) is 2. The fourth-order valence-electron chi connectivity index (χ4n) is 1.09. The van der Waals surface area contributed by atoms with Crippen molar-refractivity contribution < 1.29 is 5.11 Å². The van der Waals surface area contributed by atoms with Gasteiger partial charge >= 0.3 is 0 Å². The van der Waals surface area contributed by atoms with Crippen LogP contribution < -0.4 is 0 Å². The van der Waals surface area contributed by atoms with Gasteiger partial charge in [-0.05, 0) is 23.7 Å². The molecule has 0 atom stereocenters. The van der Waals surface area contributed by atoms with Crippen LogP contribution in [-0.4, -0.2) is 15.1 Å². The Morgan fingerprint density at radius 3 is 3.00 bits per heavy atom. The lowest BCUT2D eigenvalue weighted by Crippen LogP contribution is -1.84. The van der Waals surface area contributed by atoms with Gasteiger partial charge in [-0.1, -0.05) is 0 Å². The molecule has 0 bridgehead atoms. The lowest BCUT2D eigenvalue weighted by atomic mass is 10.2. The van der Waals surface area contributed by atoms with E-state index in [-0.39, 0.29) is 11.9 Å². The van der Waals surface area contributed by atoms with Crippen LogP contribution in [0.25, 0.3) is 11.3 Å². The number of aliphatic hydroxyl groups is 1. The fourth-order valence-corrected chi connectivity index (χ4v) is 1.98. The molecule has 0 aromatic carbocycles. The fraction of sp³-hybridized carbons (Fsp3) is 0.111. The Kier molecular flexibility index (Phi) is 2.77. The average Bonchev–Trinajstić information content (AvgIpc) is 2.66. The van der Waals surface area contributed by atoms with Crippen molar-refractivity contribution >= 4 is 22.9 Å². The highest BCUT2D eigenvalue weighted by Crippen LogP contribution is 2.24. The van der Waals surface area contributed by atoms with Crippen molar-refractivity contribution in [1.82, 2.24) is 9.97 Å². The summed E-state index contributed by atoms with van der Waals surface area (Å²) < 4.78 is 0. The molecular weight excluding hydrogens is 220 g/mol. The zero-order chi connectivity index (χ0) is 9.97. The van der Waals surface area contributed by atoms with E-state index in [4.69, 9.17) is 16.7 Å². The van der Waals surface area contributed by atoms with Crippen LogP contribution in [0.15, 0.2) is 23.7 Å². The van der Waals surface area contributed by atoms with Gasteiger partial charge in [-0.25, -0.2) is 9.97 Å². The molecular formula is C9H7ClN2OS. The second-order valence-corrected chi connectivity index (χ2v) is 4.00. The van der Waals surface area contributed by atoms with Crippen molar-refractivity contribution in [3.8, 4) is 11.3 Å². The molecule has 2 rings (SSSR count). The standard InChI is InChI=1S/C9H7ClN2OS/c10-9-11-2-1-8(12-9)6-3-7(4-13)14-5-6/h1-3,5,13H,4H2. The van der Waals surface area contributed by atoms with Crippen LogP contribution >= 0.6 is 22.9 Å². The third-order valence-electron chi connectivity index (χ3n) is 1.73. The smallest absolute Gasteiger partial charge is 0.222 e. The monoisotopic (exact) mass is 226 g/mol. The zero-order valence-corrected chi connectivity index (χ0v) is 8.72. The molecule has 5 heteroatoms. The number of hydrogen-bond donors (Lipinski definition) is 1. The summed E-state index contributed by atoms with van der Waals surface area (Å²) in [6.07, 6.45) is 1.61. The molecule has 0 aliphatic rings. The van der Waals surface area contributed by atoms with E-state index in [0.717, 1.165) is 16.1 Å². The van der Waals surface area contributed by atoms with E-state index < -0.39 is 0 Å². The number of aromatic nitrogens is 2. The summed E-state index contributed by atoms with van der Waals surface area (Å²) >= 11 is 7.16. The Labute approximate surface area is 90.0 Å². The summed E-state index contributed by atoms with van der Waals surface area (Å²) in [4.78, 5) is 8.78. The topological polar surface area (TPSA) is 46.0 Å². The zero-order valence-electron chi connectivity index (χ0n) is 7.14. The van der Waals surface area contributed by atoms with E-state index in [0.29, 0.717) is 0 Å². The van der Waals surface area contributed by atoms with Crippen LogP contribution in [-0.2, 0) is 6.61 Å². The van der Waals surface area contributed by atoms with Gasteiger partial charge in [0.05, 0.1) is 12.3 Å². The second-order valence-electron chi connectivity index (χ2n) is 2.67. The summed E-state index contributed by atoms with van der Waals surface area (Å²) in [7, 11) is 0. The van der Waals surface area contributed by atoms with Crippen LogP contribution in [0.1, 0.15) is 4.88 Å². The lowest BCUT2D eigenvalue weighted by molar-refractivity contribution is 0.285. The van der Waals surface area contributed by atoms with Gasteiger partial charge in [0.15, 0.2) is 0 Å². The minimum absolute atomic E-state index is 0.0590. The maximum absolute atomic E-state index is 8.90. The molecule has 0 saturated carbocycles. The molecule has 72 valence electrons. The number of aliphatic hydroxyl groups excluding tert-OH is 1. The SMILES string of the molecule is OCc1cc(-c2ccnc(Cl)n2)cs1. The molecule has 0 aliphatic carbocycles. The average molecular weight is 227 g/mol. The number of halogens is 1. The molecule has 2 heterocycles. The predicted octanol–water partition coefficient (Wildman–Crippen LogP) is 2.35. The molecule has 0 aliphatic heterocycles. The van der Waals surface area contributed by atoms with E-state index >= 15 is 0 Å². The van der Waals surface area contributed by atoms with Crippen molar-refractivity contribution in [3.63, 3.8) is 0 Å². The maximum atomic E-state index is 8.90. The normalized spacial score (nSPS) is 10.4. The quantitative estimate of drug-likeness (QED) is 0.800. The van der Waals surface area contributed by atoms with Crippen LogP contribution in [0.5, 0.6) is 0 Å². The van der Waals surface area contributed by atoms with E-state index in [1.165, 1.54) is 11.3 Å². The first-order valence-corrected chi connectivity index (χ1v) is 5.22. The predicted molar refractivity (Wildman–Crippen MR) is 56.3 cm³/mol. The largest absolute Gasteiger partial charge is 0.391 e. The van der Waals surface area contributed by atoms with Crippen molar-refractivity contribution in [3.05, 3.63) is 33.9 Å². The van der Waals surface area contributed by atoms with Crippen molar-refractivity contribution in [2.45, 2.75) is 6.61 Å². The third-order valence-corrected chi connectivity index (χ3v) is 2.84. The summed E-state index contributed by atoms with van der Waals surface area (Å²) in [6.45, 7) is 0.0590. The molecule has 0 radical (unpaired) electrons. The van der Waals surface area contributed by atoms with Gasteiger partial charge in [-0.3, -0.25) is 0 Å². The van der Waals surface area contributed by atoms with Gasteiger partial charge in [-0.2, -0.15) is 0 Å². The Bertz CT molecular complexity index is 444. The molecule has 0 spiro atoms. The molecule has 1 N–H and O–H groups in total. The molecule has 0 fully saturated rings. The number of rotatable bonds is 2. The summed E-state index contributed by atoms with van der Waals surface area (Å²) in [5, 5.41) is 11.1. The van der Waals surface area contributed by atoms with Gasteiger partial charge in [0.1, 0.15) is 0 Å². The highest BCUT2D eigenvalue weighted by Gasteiger charge is 2.03. The Hall–Kier alpha value is -0.970. The Morgan fingerprint density at radius 2 is 2.36 bits per heavy atom. The first kappa shape index (κ1) is 9.58. The first-order valence-electron chi connectivity index (χ1n) is 3.97. The van der Waals surface area contributed by atoms with Crippen LogP contribution in [0.2, 0.25) is 5.28 Å². The summed E-state index contributed by atoms with van der Waals surface area (Å²) in [6, 6.07) is 3.68. The first-order chi connectivity index (χ1) is 6.79. The van der Waals surface area contributed by atoms with Crippen molar-refractivity contribution in [2.24, 2.45) is 0 Å². The van der Waals surface area contributed by atoms with Gasteiger partial charge in [0.2, 0.25) is 5.28 Å². The van der Waals surface area contributed by atoms with Gasteiger partial charge in [-0.15, -0.1) is 11.3 Å². The molecule has 14 heavy (non-hydrogen) atoms. The minimum Gasteiger partial charge on any atom is -0.391 e.